The summed E-state index contributed by atoms with van der Waals surface area (Å²) in [6.45, 7) is 10.2. The van der Waals surface area contributed by atoms with E-state index in [9.17, 15) is 0 Å². The fourth-order valence-corrected chi connectivity index (χ4v) is 3.52. The standard InChI is InChI=1S/C21H34O6/c1-15-21(27-20(4,5)26-15,11-12-25-19(2,3)24-8)14-16-13-17(22-6)9-10-18(16)23-7/h9-10,13,15H,11-12,14H2,1-8H3/t15-,21+/m0/s1. The lowest BCUT2D eigenvalue weighted by molar-refractivity contribution is -0.209. The second-order valence-corrected chi connectivity index (χ2v) is 7.88. The fraction of sp³-hybridized carbons (Fsp3) is 0.714. The maximum absolute atomic E-state index is 6.43. The molecule has 0 aliphatic carbocycles. The van der Waals surface area contributed by atoms with E-state index in [1.807, 2.05) is 52.8 Å². The third kappa shape index (κ3) is 5.35. The molecule has 0 spiro atoms. The Hall–Kier alpha value is -1.34. The molecule has 1 aromatic carbocycles. The Balaban J connectivity index is 2.29. The third-order valence-corrected chi connectivity index (χ3v) is 5.09. The topological polar surface area (TPSA) is 55.4 Å². The van der Waals surface area contributed by atoms with Gasteiger partial charge in [0.05, 0.1) is 26.9 Å². The zero-order chi connectivity index (χ0) is 20.3. The first-order valence-electron chi connectivity index (χ1n) is 9.34. The first-order chi connectivity index (χ1) is 12.6. The molecule has 2 atom stereocenters. The maximum Gasteiger partial charge on any atom is 0.164 e. The summed E-state index contributed by atoms with van der Waals surface area (Å²) in [5.74, 6) is 0.271. The van der Waals surface area contributed by atoms with Gasteiger partial charge in [0, 0.05) is 25.5 Å². The first kappa shape index (κ1) is 22.0. The SMILES string of the molecule is COc1ccc(OC)c(C[C@@]2(CCOC(C)(C)OC)OC(C)(C)O[C@H]2C)c1. The summed E-state index contributed by atoms with van der Waals surface area (Å²) in [5, 5.41) is 0. The van der Waals surface area contributed by atoms with E-state index < -0.39 is 17.2 Å². The monoisotopic (exact) mass is 382 g/mol. The molecule has 1 aromatic rings. The second kappa shape index (κ2) is 8.35. The molecule has 2 rings (SSSR count). The zero-order valence-corrected chi connectivity index (χ0v) is 17.9. The predicted octanol–water partition coefficient (Wildman–Crippen LogP) is 3.95. The predicted molar refractivity (Wildman–Crippen MR) is 103 cm³/mol. The minimum atomic E-state index is -0.664. The van der Waals surface area contributed by atoms with E-state index in [1.165, 1.54) is 0 Å². The molecule has 0 N–H and O–H groups in total. The van der Waals surface area contributed by atoms with Gasteiger partial charge in [0.2, 0.25) is 0 Å². The van der Waals surface area contributed by atoms with Crippen molar-refractivity contribution in [2.45, 2.75) is 70.7 Å². The molecular formula is C21H34O6. The van der Waals surface area contributed by atoms with Gasteiger partial charge in [-0.25, -0.2) is 0 Å². The summed E-state index contributed by atoms with van der Waals surface area (Å²) < 4.78 is 34.7. The van der Waals surface area contributed by atoms with Crippen molar-refractivity contribution >= 4 is 0 Å². The van der Waals surface area contributed by atoms with Crippen LogP contribution in [-0.4, -0.2) is 51.2 Å². The molecule has 0 saturated carbocycles. The molecule has 6 nitrogen and oxygen atoms in total. The lowest BCUT2D eigenvalue weighted by atomic mass is 9.86. The van der Waals surface area contributed by atoms with Crippen LogP contribution in [0.15, 0.2) is 18.2 Å². The number of hydrogen-bond acceptors (Lipinski definition) is 6. The average molecular weight is 382 g/mol. The van der Waals surface area contributed by atoms with Crippen LogP contribution in [0, 0.1) is 0 Å². The summed E-state index contributed by atoms with van der Waals surface area (Å²) >= 11 is 0. The van der Waals surface area contributed by atoms with Crippen molar-refractivity contribution in [2.75, 3.05) is 27.9 Å². The van der Waals surface area contributed by atoms with Gasteiger partial charge in [-0.3, -0.25) is 0 Å². The molecule has 0 amide bonds. The smallest absolute Gasteiger partial charge is 0.164 e. The van der Waals surface area contributed by atoms with Gasteiger partial charge in [0.15, 0.2) is 11.6 Å². The van der Waals surface area contributed by atoms with Gasteiger partial charge in [-0.15, -0.1) is 0 Å². The van der Waals surface area contributed by atoms with E-state index in [0.29, 0.717) is 19.4 Å². The number of ether oxygens (including phenoxy) is 6. The minimum absolute atomic E-state index is 0.113. The molecule has 0 unspecified atom stereocenters. The van der Waals surface area contributed by atoms with Gasteiger partial charge < -0.3 is 28.4 Å². The summed E-state index contributed by atoms with van der Waals surface area (Å²) in [5.41, 5.74) is 0.462. The highest BCUT2D eigenvalue weighted by atomic mass is 16.8. The Kier molecular flexibility index (Phi) is 6.79. The molecule has 0 aromatic heterocycles. The quantitative estimate of drug-likeness (QED) is 0.603. The van der Waals surface area contributed by atoms with Crippen LogP contribution in [0.3, 0.4) is 0 Å². The molecule has 6 heteroatoms. The first-order valence-corrected chi connectivity index (χ1v) is 9.34. The molecule has 0 bridgehead atoms. The van der Waals surface area contributed by atoms with Gasteiger partial charge >= 0.3 is 0 Å². The Bertz CT molecular complexity index is 627. The molecule has 1 fully saturated rings. The van der Waals surface area contributed by atoms with Gasteiger partial charge in [0.1, 0.15) is 17.1 Å². The van der Waals surface area contributed by atoms with Gasteiger partial charge in [0.25, 0.3) is 0 Å². The molecule has 1 saturated heterocycles. The third-order valence-electron chi connectivity index (χ3n) is 5.09. The van der Waals surface area contributed by atoms with Crippen LogP contribution in [0.5, 0.6) is 11.5 Å². The van der Waals surface area contributed by atoms with Crippen LogP contribution < -0.4 is 9.47 Å². The van der Waals surface area contributed by atoms with Gasteiger partial charge in [-0.1, -0.05) is 0 Å². The van der Waals surface area contributed by atoms with Crippen LogP contribution >= 0.6 is 0 Å². The highest BCUT2D eigenvalue weighted by Gasteiger charge is 2.51. The summed E-state index contributed by atoms with van der Waals surface area (Å²) in [7, 11) is 4.96. The summed E-state index contributed by atoms with van der Waals surface area (Å²) in [6.07, 6.45) is 1.16. The molecule has 1 aliphatic rings. The molecule has 1 heterocycles. The van der Waals surface area contributed by atoms with E-state index >= 15 is 0 Å². The van der Waals surface area contributed by atoms with Crippen LogP contribution in [-0.2, 0) is 25.4 Å². The molecule has 27 heavy (non-hydrogen) atoms. The van der Waals surface area contributed by atoms with E-state index in [1.54, 1.807) is 21.3 Å². The van der Waals surface area contributed by atoms with Crippen molar-refractivity contribution in [3.63, 3.8) is 0 Å². The summed E-state index contributed by atoms with van der Waals surface area (Å²) in [6, 6.07) is 5.79. The zero-order valence-electron chi connectivity index (χ0n) is 17.9. The van der Waals surface area contributed by atoms with E-state index in [-0.39, 0.29) is 6.10 Å². The van der Waals surface area contributed by atoms with Crippen molar-refractivity contribution in [1.29, 1.82) is 0 Å². The van der Waals surface area contributed by atoms with E-state index in [2.05, 4.69) is 0 Å². The lowest BCUT2D eigenvalue weighted by Crippen LogP contribution is -2.43. The number of benzene rings is 1. The number of hydrogen-bond donors (Lipinski definition) is 0. The fourth-order valence-electron chi connectivity index (χ4n) is 3.52. The Morgan fingerprint density at radius 1 is 1.11 bits per heavy atom. The largest absolute Gasteiger partial charge is 0.497 e. The van der Waals surface area contributed by atoms with E-state index in [0.717, 1.165) is 17.1 Å². The minimum Gasteiger partial charge on any atom is -0.497 e. The van der Waals surface area contributed by atoms with Crippen LogP contribution in [0.4, 0.5) is 0 Å². The molecule has 0 radical (unpaired) electrons. The van der Waals surface area contributed by atoms with Crippen molar-refractivity contribution in [2.24, 2.45) is 0 Å². The highest BCUT2D eigenvalue weighted by molar-refractivity contribution is 5.41. The van der Waals surface area contributed by atoms with Gasteiger partial charge in [-0.05, 0) is 52.8 Å². The van der Waals surface area contributed by atoms with E-state index in [4.69, 9.17) is 28.4 Å². The molecule has 1 aliphatic heterocycles. The van der Waals surface area contributed by atoms with Crippen molar-refractivity contribution in [1.82, 2.24) is 0 Å². The Morgan fingerprint density at radius 2 is 1.81 bits per heavy atom. The van der Waals surface area contributed by atoms with Crippen LogP contribution in [0.1, 0.15) is 46.6 Å². The molecule has 154 valence electrons. The summed E-state index contributed by atoms with van der Waals surface area (Å²) in [4.78, 5) is 0. The Morgan fingerprint density at radius 3 is 2.33 bits per heavy atom. The highest BCUT2D eigenvalue weighted by Crippen LogP contribution is 2.43. The number of rotatable bonds is 9. The second-order valence-electron chi connectivity index (χ2n) is 7.88. The Labute approximate surface area is 163 Å². The molecular weight excluding hydrogens is 348 g/mol. The average Bonchev–Trinajstić information content (AvgIpc) is 2.82. The van der Waals surface area contributed by atoms with Crippen molar-refractivity contribution < 1.29 is 28.4 Å². The van der Waals surface area contributed by atoms with Crippen LogP contribution in [0.25, 0.3) is 0 Å². The van der Waals surface area contributed by atoms with Crippen molar-refractivity contribution in [3.8, 4) is 11.5 Å². The van der Waals surface area contributed by atoms with Crippen LogP contribution in [0.2, 0.25) is 0 Å². The normalized spacial score (nSPS) is 24.8. The maximum atomic E-state index is 6.43. The lowest BCUT2D eigenvalue weighted by Gasteiger charge is -2.34. The van der Waals surface area contributed by atoms with Crippen molar-refractivity contribution in [3.05, 3.63) is 23.8 Å². The van der Waals surface area contributed by atoms with Gasteiger partial charge in [-0.2, -0.15) is 0 Å². The number of methoxy groups -OCH3 is 3.